The van der Waals surface area contributed by atoms with Crippen LogP contribution in [0.5, 0.6) is 5.75 Å². The first-order valence-corrected chi connectivity index (χ1v) is 4.08. The molecule has 0 fully saturated rings. The minimum Gasteiger partial charge on any atom is -0.508 e. The van der Waals surface area contributed by atoms with Crippen LogP contribution in [0.15, 0.2) is 18.2 Å². The summed E-state index contributed by atoms with van der Waals surface area (Å²) in [6, 6.07) is 3.39. The van der Waals surface area contributed by atoms with E-state index >= 15 is 0 Å². The smallest absolute Gasteiger partial charge is 0.335 e. The second-order valence-electron chi connectivity index (χ2n) is 2.92. The van der Waals surface area contributed by atoms with E-state index in [1.54, 1.807) is 0 Å². The lowest BCUT2D eigenvalue weighted by Crippen LogP contribution is -2.21. The molecule has 6 N–H and O–H groups in total. The fourth-order valence-electron chi connectivity index (χ4n) is 1.11. The van der Waals surface area contributed by atoms with Gasteiger partial charge in [0.1, 0.15) is 5.75 Å². The van der Waals surface area contributed by atoms with Crippen LogP contribution in [0.3, 0.4) is 0 Å². The molecule has 5 nitrogen and oxygen atoms in total. The first kappa shape index (κ1) is 10.5. The van der Waals surface area contributed by atoms with Crippen LogP contribution in [-0.4, -0.2) is 22.7 Å². The van der Waals surface area contributed by atoms with Crippen LogP contribution >= 0.6 is 0 Å². The number of rotatable bonds is 3. The van der Waals surface area contributed by atoms with Crippen LogP contribution in [0.2, 0.25) is 0 Å². The topological polar surface area (TPSA) is 110 Å². The number of carboxylic acid groups (broad SMARTS) is 1. The SMILES string of the molecule is NCC(N)c1cc(C(=O)O)ccc1O. The lowest BCUT2D eigenvalue weighted by Gasteiger charge is -2.11. The van der Waals surface area contributed by atoms with Crippen LogP contribution in [0.4, 0.5) is 0 Å². The Morgan fingerprint density at radius 2 is 2.14 bits per heavy atom. The third-order valence-electron chi connectivity index (χ3n) is 1.93. The van der Waals surface area contributed by atoms with E-state index in [1.165, 1.54) is 18.2 Å². The molecule has 14 heavy (non-hydrogen) atoms. The highest BCUT2D eigenvalue weighted by Crippen LogP contribution is 2.23. The number of aromatic carboxylic acids is 1. The van der Waals surface area contributed by atoms with Crippen LogP contribution in [0, 0.1) is 0 Å². The molecule has 1 rings (SSSR count). The molecule has 0 aliphatic heterocycles. The van der Waals surface area contributed by atoms with Gasteiger partial charge in [-0.1, -0.05) is 0 Å². The normalized spacial score (nSPS) is 12.4. The van der Waals surface area contributed by atoms with Crippen LogP contribution in [0.25, 0.3) is 0 Å². The second-order valence-corrected chi connectivity index (χ2v) is 2.92. The first-order chi connectivity index (χ1) is 6.56. The maximum Gasteiger partial charge on any atom is 0.335 e. The van der Waals surface area contributed by atoms with Crippen molar-refractivity contribution in [2.45, 2.75) is 6.04 Å². The fraction of sp³-hybridized carbons (Fsp3) is 0.222. The van der Waals surface area contributed by atoms with Crippen molar-refractivity contribution in [3.8, 4) is 5.75 Å². The van der Waals surface area contributed by atoms with Crippen molar-refractivity contribution in [3.63, 3.8) is 0 Å². The van der Waals surface area contributed by atoms with Crippen molar-refractivity contribution >= 4 is 5.97 Å². The Morgan fingerprint density at radius 1 is 1.50 bits per heavy atom. The van der Waals surface area contributed by atoms with Gasteiger partial charge in [0.05, 0.1) is 5.56 Å². The highest BCUT2D eigenvalue weighted by molar-refractivity contribution is 5.88. The zero-order valence-electron chi connectivity index (χ0n) is 7.47. The summed E-state index contributed by atoms with van der Waals surface area (Å²) in [6.07, 6.45) is 0. The highest BCUT2D eigenvalue weighted by atomic mass is 16.4. The average molecular weight is 196 g/mol. The second kappa shape index (κ2) is 4.08. The van der Waals surface area contributed by atoms with Gasteiger partial charge in [-0.15, -0.1) is 0 Å². The van der Waals surface area contributed by atoms with Gasteiger partial charge in [-0.2, -0.15) is 0 Å². The minimum atomic E-state index is -1.06. The zero-order chi connectivity index (χ0) is 10.7. The molecule has 76 valence electrons. The largest absolute Gasteiger partial charge is 0.508 e. The van der Waals surface area contributed by atoms with E-state index in [2.05, 4.69) is 0 Å². The monoisotopic (exact) mass is 196 g/mol. The van der Waals surface area contributed by atoms with Gasteiger partial charge >= 0.3 is 5.97 Å². The predicted octanol–water partition coefficient (Wildman–Crippen LogP) is 0.0489. The summed E-state index contributed by atoms with van der Waals surface area (Å²) in [6.45, 7) is 0.149. The maximum absolute atomic E-state index is 10.6. The number of phenols is 1. The Balaban J connectivity index is 3.14. The number of phenolic OH excluding ortho intramolecular Hbond substituents is 1. The third kappa shape index (κ3) is 2.01. The summed E-state index contributed by atoms with van der Waals surface area (Å²) in [5.41, 5.74) is 11.3. The molecule has 0 aliphatic carbocycles. The van der Waals surface area contributed by atoms with Crippen LogP contribution in [-0.2, 0) is 0 Å². The van der Waals surface area contributed by atoms with Crippen molar-refractivity contribution < 1.29 is 15.0 Å². The first-order valence-electron chi connectivity index (χ1n) is 4.08. The molecule has 0 amide bonds. The van der Waals surface area contributed by atoms with E-state index in [1.807, 2.05) is 0 Å². The molecule has 0 saturated heterocycles. The molecule has 1 aromatic carbocycles. The summed E-state index contributed by atoms with van der Waals surface area (Å²) < 4.78 is 0. The van der Waals surface area contributed by atoms with E-state index in [0.717, 1.165) is 0 Å². The maximum atomic E-state index is 10.6. The van der Waals surface area contributed by atoms with Crippen LogP contribution < -0.4 is 11.5 Å². The molecule has 0 spiro atoms. The molecular formula is C9H12N2O3. The third-order valence-corrected chi connectivity index (χ3v) is 1.93. The van der Waals surface area contributed by atoms with Crippen LogP contribution in [0.1, 0.15) is 22.0 Å². The number of hydrogen-bond donors (Lipinski definition) is 4. The van der Waals surface area contributed by atoms with E-state index in [-0.39, 0.29) is 17.9 Å². The molecule has 1 unspecified atom stereocenters. The fourth-order valence-corrected chi connectivity index (χ4v) is 1.11. The Bertz CT molecular complexity index is 352. The summed E-state index contributed by atoms with van der Waals surface area (Å²) in [4.78, 5) is 10.6. The molecule has 0 heterocycles. The van der Waals surface area contributed by atoms with E-state index in [4.69, 9.17) is 16.6 Å². The van der Waals surface area contributed by atoms with Gasteiger partial charge in [0, 0.05) is 18.2 Å². The lowest BCUT2D eigenvalue weighted by molar-refractivity contribution is 0.0696. The standard InChI is InChI=1S/C9H12N2O3/c10-4-7(11)6-3-5(9(13)14)1-2-8(6)12/h1-3,7,12H,4,10-11H2,(H,13,14). The number of benzene rings is 1. The number of carbonyl (C=O) groups is 1. The van der Waals surface area contributed by atoms with Gasteiger partial charge in [-0.3, -0.25) is 0 Å². The number of carboxylic acids is 1. The Labute approximate surface area is 81.0 Å². The van der Waals surface area contributed by atoms with Crippen molar-refractivity contribution in [2.24, 2.45) is 11.5 Å². The molecule has 5 heteroatoms. The van der Waals surface area contributed by atoms with Gasteiger partial charge in [0.15, 0.2) is 0 Å². The summed E-state index contributed by atoms with van der Waals surface area (Å²) in [5.74, 6) is -1.09. The van der Waals surface area contributed by atoms with Gasteiger partial charge in [0.25, 0.3) is 0 Å². The molecule has 0 aromatic heterocycles. The minimum absolute atomic E-state index is 0.0343. The van der Waals surface area contributed by atoms with E-state index < -0.39 is 12.0 Å². The van der Waals surface area contributed by atoms with Crippen molar-refractivity contribution in [1.82, 2.24) is 0 Å². The Kier molecular flexibility index (Phi) is 3.06. The molecule has 0 bridgehead atoms. The molecular weight excluding hydrogens is 184 g/mol. The quantitative estimate of drug-likeness (QED) is 0.546. The van der Waals surface area contributed by atoms with Gasteiger partial charge in [-0.25, -0.2) is 4.79 Å². The molecule has 0 saturated carbocycles. The summed E-state index contributed by atoms with van der Waals surface area (Å²) >= 11 is 0. The van der Waals surface area contributed by atoms with Gasteiger partial charge in [0.2, 0.25) is 0 Å². The predicted molar refractivity (Wildman–Crippen MR) is 51.0 cm³/mol. The Morgan fingerprint density at radius 3 is 2.64 bits per heavy atom. The zero-order valence-corrected chi connectivity index (χ0v) is 7.47. The van der Waals surface area contributed by atoms with Gasteiger partial charge in [-0.05, 0) is 18.2 Å². The van der Waals surface area contributed by atoms with Crippen molar-refractivity contribution in [1.29, 1.82) is 0 Å². The average Bonchev–Trinajstić information content (AvgIpc) is 2.17. The number of nitrogens with two attached hydrogens (primary N) is 2. The summed E-state index contributed by atoms with van der Waals surface area (Å²) in [7, 11) is 0. The number of aromatic hydroxyl groups is 1. The van der Waals surface area contributed by atoms with E-state index in [9.17, 15) is 9.90 Å². The number of hydrogen-bond acceptors (Lipinski definition) is 4. The lowest BCUT2D eigenvalue weighted by atomic mass is 10.0. The molecule has 0 aliphatic rings. The van der Waals surface area contributed by atoms with Crippen molar-refractivity contribution in [3.05, 3.63) is 29.3 Å². The summed E-state index contributed by atoms with van der Waals surface area (Å²) in [5, 5.41) is 18.1. The Hall–Kier alpha value is -1.59. The van der Waals surface area contributed by atoms with E-state index in [0.29, 0.717) is 5.56 Å². The molecule has 0 radical (unpaired) electrons. The molecule has 1 aromatic rings. The molecule has 1 atom stereocenters. The highest BCUT2D eigenvalue weighted by Gasteiger charge is 2.12. The van der Waals surface area contributed by atoms with Gasteiger partial charge < -0.3 is 21.7 Å². The van der Waals surface area contributed by atoms with Crippen molar-refractivity contribution in [2.75, 3.05) is 6.54 Å².